The van der Waals surface area contributed by atoms with E-state index in [0.29, 0.717) is 0 Å². The summed E-state index contributed by atoms with van der Waals surface area (Å²) in [6.45, 7) is 12.7. The van der Waals surface area contributed by atoms with Crippen LogP contribution in [-0.4, -0.2) is 13.1 Å². The normalized spacial score (nSPS) is 14.4. The molecule has 1 rings (SSSR count). The average molecular weight is 261 g/mol. The van der Waals surface area contributed by atoms with Crippen LogP contribution in [0.2, 0.25) is 0 Å². The Morgan fingerprint density at radius 2 is 1.68 bits per heavy atom. The summed E-state index contributed by atoms with van der Waals surface area (Å²) in [6.07, 6.45) is 4.65. The van der Waals surface area contributed by atoms with Crippen molar-refractivity contribution < 1.29 is 4.74 Å². The number of ether oxygens (including phenoxy) is 1. The Bertz CT molecular complexity index is 392. The first-order valence-electron chi connectivity index (χ1n) is 7.25. The van der Waals surface area contributed by atoms with Crippen molar-refractivity contribution in [3.8, 4) is 0 Å². The van der Waals surface area contributed by atoms with Gasteiger partial charge < -0.3 is 9.64 Å². The molecule has 19 heavy (non-hydrogen) atoms. The van der Waals surface area contributed by atoms with E-state index in [4.69, 9.17) is 4.74 Å². The lowest BCUT2D eigenvalue weighted by atomic mass is 9.93. The fourth-order valence-corrected chi connectivity index (χ4v) is 2.19. The third-order valence-electron chi connectivity index (χ3n) is 3.75. The van der Waals surface area contributed by atoms with Crippen molar-refractivity contribution >= 4 is 5.69 Å². The van der Waals surface area contributed by atoms with Gasteiger partial charge in [-0.25, -0.2) is 0 Å². The van der Waals surface area contributed by atoms with E-state index in [1.165, 1.54) is 11.3 Å². The molecule has 0 bridgehead atoms. The SMILES string of the molecule is C/C=C\OC(C)(CC)c1ccc(N(CC)CC)cc1. The topological polar surface area (TPSA) is 12.5 Å². The predicted octanol–water partition coefficient (Wildman–Crippen LogP) is 4.71. The number of allylic oxidation sites excluding steroid dienone is 1. The van der Waals surface area contributed by atoms with E-state index in [1.807, 2.05) is 13.0 Å². The van der Waals surface area contributed by atoms with Crippen LogP contribution in [0.1, 0.15) is 46.6 Å². The van der Waals surface area contributed by atoms with E-state index in [2.05, 4.69) is 56.9 Å². The molecule has 0 aliphatic carbocycles. The van der Waals surface area contributed by atoms with E-state index in [1.54, 1.807) is 6.26 Å². The minimum Gasteiger partial charge on any atom is -0.491 e. The lowest BCUT2D eigenvalue weighted by Gasteiger charge is -2.29. The van der Waals surface area contributed by atoms with Gasteiger partial charge in [-0.1, -0.05) is 25.1 Å². The van der Waals surface area contributed by atoms with Crippen LogP contribution < -0.4 is 4.90 Å². The molecule has 1 unspecified atom stereocenters. The average Bonchev–Trinajstić information content (AvgIpc) is 2.47. The molecular formula is C17H27NO. The zero-order chi connectivity index (χ0) is 14.3. The van der Waals surface area contributed by atoms with Crippen LogP contribution in [-0.2, 0) is 10.3 Å². The number of nitrogens with zero attached hydrogens (tertiary/aromatic N) is 1. The van der Waals surface area contributed by atoms with Crippen LogP contribution in [0.25, 0.3) is 0 Å². The van der Waals surface area contributed by atoms with Gasteiger partial charge in [-0.2, -0.15) is 0 Å². The smallest absolute Gasteiger partial charge is 0.130 e. The van der Waals surface area contributed by atoms with Gasteiger partial charge in [0.2, 0.25) is 0 Å². The quantitative estimate of drug-likeness (QED) is 0.659. The van der Waals surface area contributed by atoms with Crippen molar-refractivity contribution in [1.82, 2.24) is 0 Å². The highest BCUT2D eigenvalue weighted by atomic mass is 16.5. The zero-order valence-electron chi connectivity index (χ0n) is 12.9. The summed E-state index contributed by atoms with van der Waals surface area (Å²) in [6, 6.07) is 8.74. The van der Waals surface area contributed by atoms with Gasteiger partial charge in [0, 0.05) is 18.8 Å². The van der Waals surface area contributed by atoms with Gasteiger partial charge in [0.25, 0.3) is 0 Å². The molecule has 0 saturated carbocycles. The van der Waals surface area contributed by atoms with Gasteiger partial charge >= 0.3 is 0 Å². The van der Waals surface area contributed by atoms with Crippen molar-refractivity contribution in [2.75, 3.05) is 18.0 Å². The molecule has 1 aromatic rings. The van der Waals surface area contributed by atoms with Gasteiger partial charge in [-0.05, 0) is 51.8 Å². The number of rotatable bonds is 7. The Hall–Kier alpha value is -1.44. The van der Waals surface area contributed by atoms with E-state index in [-0.39, 0.29) is 5.60 Å². The van der Waals surface area contributed by atoms with Crippen molar-refractivity contribution in [3.05, 3.63) is 42.2 Å². The van der Waals surface area contributed by atoms with Crippen molar-refractivity contribution in [2.45, 2.75) is 46.6 Å². The molecule has 0 amide bonds. The molecule has 0 aliphatic rings. The maximum atomic E-state index is 5.87. The van der Waals surface area contributed by atoms with Crippen molar-refractivity contribution in [1.29, 1.82) is 0 Å². The Kier molecular flexibility index (Phi) is 5.94. The van der Waals surface area contributed by atoms with Crippen LogP contribution in [0.5, 0.6) is 0 Å². The Morgan fingerprint density at radius 1 is 1.11 bits per heavy atom. The fraction of sp³-hybridized carbons (Fsp3) is 0.529. The minimum atomic E-state index is -0.242. The first-order chi connectivity index (χ1) is 9.11. The summed E-state index contributed by atoms with van der Waals surface area (Å²) >= 11 is 0. The molecule has 0 spiro atoms. The maximum absolute atomic E-state index is 5.87. The van der Waals surface area contributed by atoms with Crippen LogP contribution >= 0.6 is 0 Å². The second-order valence-electron chi connectivity index (χ2n) is 4.89. The highest BCUT2D eigenvalue weighted by Gasteiger charge is 2.25. The number of hydrogen-bond donors (Lipinski definition) is 0. The molecule has 1 atom stereocenters. The van der Waals surface area contributed by atoms with Crippen LogP contribution in [0.15, 0.2) is 36.6 Å². The maximum Gasteiger partial charge on any atom is 0.130 e. The summed E-state index contributed by atoms with van der Waals surface area (Å²) < 4.78 is 5.87. The third-order valence-corrected chi connectivity index (χ3v) is 3.75. The molecule has 0 saturated heterocycles. The third kappa shape index (κ3) is 3.76. The predicted molar refractivity (Wildman–Crippen MR) is 83.5 cm³/mol. The Morgan fingerprint density at radius 3 is 2.11 bits per heavy atom. The molecule has 106 valence electrons. The summed E-state index contributed by atoms with van der Waals surface area (Å²) in [7, 11) is 0. The van der Waals surface area contributed by atoms with Crippen LogP contribution in [0.4, 0.5) is 5.69 Å². The highest BCUT2D eigenvalue weighted by molar-refractivity contribution is 5.48. The molecule has 0 heterocycles. The van der Waals surface area contributed by atoms with E-state index in [0.717, 1.165) is 19.5 Å². The van der Waals surface area contributed by atoms with Gasteiger partial charge in [0.05, 0.1) is 6.26 Å². The number of hydrogen-bond acceptors (Lipinski definition) is 2. The summed E-state index contributed by atoms with van der Waals surface area (Å²) in [5, 5.41) is 0. The van der Waals surface area contributed by atoms with E-state index >= 15 is 0 Å². The lowest BCUT2D eigenvalue weighted by Crippen LogP contribution is -2.24. The van der Waals surface area contributed by atoms with Crippen LogP contribution in [0.3, 0.4) is 0 Å². The standard InChI is InChI=1S/C17H27NO/c1-6-14-19-17(5,7-2)15-10-12-16(13-11-15)18(8-3)9-4/h6,10-14H,7-9H2,1-5H3/b14-6-. The van der Waals surface area contributed by atoms with Gasteiger partial charge in [-0.15, -0.1) is 0 Å². The van der Waals surface area contributed by atoms with Gasteiger partial charge in [0.1, 0.15) is 5.60 Å². The second kappa shape index (κ2) is 7.22. The molecule has 2 nitrogen and oxygen atoms in total. The first kappa shape index (κ1) is 15.6. The monoisotopic (exact) mass is 261 g/mol. The molecule has 0 N–H and O–H groups in total. The van der Waals surface area contributed by atoms with E-state index < -0.39 is 0 Å². The molecule has 0 radical (unpaired) electrons. The molecule has 0 aromatic heterocycles. The lowest BCUT2D eigenvalue weighted by molar-refractivity contribution is 0.0321. The molecule has 0 fully saturated rings. The fourth-order valence-electron chi connectivity index (χ4n) is 2.19. The molecule has 2 heteroatoms. The van der Waals surface area contributed by atoms with Crippen molar-refractivity contribution in [2.24, 2.45) is 0 Å². The van der Waals surface area contributed by atoms with Gasteiger partial charge in [0.15, 0.2) is 0 Å². The molecular weight excluding hydrogens is 234 g/mol. The van der Waals surface area contributed by atoms with Crippen molar-refractivity contribution in [3.63, 3.8) is 0 Å². The first-order valence-corrected chi connectivity index (χ1v) is 7.25. The zero-order valence-corrected chi connectivity index (χ0v) is 12.9. The highest BCUT2D eigenvalue weighted by Crippen LogP contribution is 2.30. The number of benzene rings is 1. The van der Waals surface area contributed by atoms with Gasteiger partial charge in [-0.3, -0.25) is 0 Å². The van der Waals surface area contributed by atoms with Crippen LogP contribution in [0, 0.1) is 0 Å². The minimum absolute atomic E-state index is 0.242. The molecule has 0 aliphatic heterocycles. The Labute approximate surface area is 118 Å². The molecule has 1 aromatic carbocycles. The number of anilines is 1. The Balaban J connectivity index is 2.95. The summed E-state index contributed by atoms with van der Waals surface area (Å²) in [5.74, 6) is 0. The second-order valence-corrected chi connectivity index (χ2v) is 4.89. The largest absolute Gasteiger partial charge is 0.491 e. The summed E-state index contributed by atoms with van der Waals surface area (Å²) in [5.41, 5.74) is 2.26. The van der Waals surface area contributed by atoms with E-state index in [9.17, 15) is 0 Å². The summed E-state index contributed by atoms with van der Waals surface area (Å²) in [4.78, 5) is 2.35.